The molecule has 4 nitrogen and oxygen atoms in total. The highest BCUT2D eigenvalue weighted by atomic mass is 32.2. The van der Waals surface area contributed by atoms with E-state index in [0.717, 1.165) is 11.4 Å². The molecule has 2 atom stereocenters. The number of nitrogens with zero attached hydrogens (tertiary/aromatic N) is 2. The van der Waals surface area contributed by atoms with Crippen LogP contribution in [0.4, 0.5) is 0 Å². The molecule has 0 aliphatic rings. The summed E-state index contributed by atoms with van der Waals surface area (Å²) < 4.78 is 5.85. The van der Waals surface area contributed by atoms with Crippen LogP contribution in [0, 0.1) is 0 Å². The molecule has 0 aliphatic carbocycles. The molecule has 2 aromatic heterocycles. The first-order valence-electron chi connectivity index (χ1n) is 7.50. The molecule has 23 heavy (non-hydrogen) atoms. The first-order valence-corrected chi connectivity index (χ1v) is 9.60. The molecule has 2 heterocycles. The number of rotatable bonds is 6. The number of hydrogen-bond donors (Lipinski definition) is 1. The van der Waals surface area contributed by atoms with Gasteiger partial charge in [0.25, 0.3) is 11.8 Å². The van der Waals surface area contributed by atoms with Crippen molar-refractivity contribution in [1.29, 1.82) is 0 Å². The molecule has 3 aromatic rings. The monoisotopic (exact) mass is 346 g/mol. The van der Waals surface area contributed by atoms with E-state index in [1.807, 2.05) is 17.5 Å². The van der Waals surface area contributed by atoms with Crippen LogP contribution in [0.5, 0.6) is 0 Å². The maximum Gasteiger partial charge on any atom is 0.274 e. The van der Waals surface area contributed by atoms with E-state index in [4.69, 9.17) is 4.42 Å². The summed E-state index contributed by atoms with van der Waals surface area (Å²) in [5.74, 6) is 1.30. The predicted octanol–water partition coefficient (Wildman–Crippen LogP) is 3.30. The molecule has 3 rings (SSSR count). The summed E-state index contributed by atoms with van der Waals surface area (Å²) >= 11 is 3.37. The second-order valence-electron chi connectivity index (χ2n) is 5.52. The van der Waals surface area contributed by atoms with Gasteiger partial charge < -0.3 is 9.32 Å². The van der Waals surface area contributed by atoms with Crippen molar-refractivity contribution in [3.05, 3.63) is 53.2 Å². The number of thioether (sulfide) groups is 1. The Morgan fingerprint density at radius 2 is 2.00 bits per heavy atom. The van der Waals surface area contributed by atoms with Crippen molar-refractivity contribution in [2.75, 3.05) is 13.3 Å². The van der Waals surface area contributed by atoms with E-state index >= 15 is 0 Å². The van der Waals surface area contributed by atoms with Gasteiger partial charge in [0, 0.05) is 10.5 Å². The molecule has 0 radical (unpaired) electrons. The van der Waals surface area contributed by atoms with Gasteiger partial charge in [-0.3, -0.25) is 0 Å². The molecule has 0 aliphatic heterocycles. The van der Waals surface area contributed by atoms with Crippen LogP contribution < -0.4 is 4.90 Å². The molecular formula is C17H20N3OS2+. The van der Waals surface area contributed by atoms with Gasteiger partial charge in [-0.15, -0.1) is 33.3 Å². The summed E-state index contributed by atoms with van der Waals surface area (Å²) in [7, 11) is 2.15. The fraction of sp³-hybridized carbons (Fsp3) is 0.294. The highest BCUT2D eigenvalue weighted by Gasteiger charge is 2.22. The van der Waals surface area contributed by atoms with E-state index in [-0.39, 0.29) is 6.04 Å². The van der Waals surface area contributed by atoms with E-state index in [1.165, 1.54) is 15.4 Å². The standard InChI is InChI=1S/C17H19N3OS2/c1-12(16-18-19-17(21-16)15-5-4-10-23-15)20(2)11-13-6-8-14(22-3)9-7-13/h4-10,12H,11H2,1-3H3/p+1/t12-/m1/s1. The number of aromatic nitrogens is 2. The lowest BCUT2D eigenvalue weighted by Gasteiger charge is -2.18. The van der Waals surface area contributed by atoms with Crippen LogP contribution in [0.15, 0.2) is 51.1 Å². The van der Waals surface area contributed by atoms with Crippen molar-refractivity contribution in [1.82, 2.24) is 10.2 Å². The number of nitrogens with one attached hydrogen (secondary N) is 1. The zero-order valence-electron chi connectivity index (χ0n) is 13.4. The third kappa shape index (κ3) is 3.83. The van der Waals surface area contributed by atoms with Crippen molar-refractivity contribution in [3.63, 3.8) is 0 Å². The third-order valence-electron chi connectivity index (χ3n) is 3.92. The number of thiophene rings is 1. The lowest BCUT2D eigenvalue weighted by Crippen LogP contribution is -3.07. The summed E-state index contributed by atoms with van der Waals surface area (Å²) in [5, 5.41) is 10.4. The Balaban J connectivity index is 1.68. The normalized spacial score (nSPS) is 13.9. The minimum Gasteiger partial charge on any atom is -0.414 e. The SMILES string of the molecule is CSc1ccc(C[NH+](C)[C@H](C)c2nnc(-c3cccs3)o2)cc1. The molecule has 0 saturated heterocycles. The van der Waals surface area contributed by atoms with Crippen LogP contribution in [0.25, 0.3) is 10.8 Å². The fourth-order valence-corrected chi connectivity index (χ4v) is 3.39. The van der Waals surface area contributed by atoms with Gasteiger partial charge in [-0.2, -0.15) is 0 Å². The Bertz CT molecular complexity index is 738. The van der Waals surface area contributed by atoms with Gasteiger partial charge in [-0.1, -0.05) is 18.2 Å². The van der Waals surface area contributed by atoms with Crippen LogP contribution in [0.2, 0.25) is 0 Å². The Labute approximate surface area is 144 Å². The molecule has 120 valence electrons. The molecule has 1 N–H and O–H groups in total. The number of quaternary nitrogens is 1. The maximum atomic E-state index is 5.85. The molecule has 0 amide bonds. The minimum atomic E-state index is 0.149. The van der Waals surface area contributed by atoms with E-state index in [0.29, 0.717) is 11.8 Å². The minimum absolute atomic E-state index is 0.149. The molecule has 6 heteroatoms. The van der Waals surface area contributed by atoms with Gasteiger partial charge in [0.2, 0.25) is 0 Å². The molecular weight excluding hydrogens is 326 g/mol. The predicted molar refractivity (Wildman–Crippen MR) is 94.8 cm³/mol. The molecule has 0 fully saturated rings. The average molecular weight is 347 g/mol. The van der Waals surface area contributed by atoms with Gasteiger partial charge >= 0.3 is 0 Å². The van der Waals surface area contributed by atoms with Gasteiger partial charge in [-0.05, 0) is 36.8 Å². The Hall–Kier alpha value is -1.63. The van der Waals surface area contributed by atoms with Crippen LogP contribution in [-0.4, -0.2) is 23.5 Å². The number of benzene rings is 1. The molecule has 1 unspecified atom stereocenters. The van der Waals surface area contributed by atoms with E-state index in [9.17, 15) is 0 Å². The van der Waals surface area contributed by atoms with Crippen LogP contribution in [0.1, 0.15) is 24.4 Å². The Morgan fingerprint density at radius 3 is 2.65 bits per heavy atom. The first kappa shape index (κ1) is 16.2. The quantitative estimate of drug-likeness (QED) is 0.696. The van der Waals surface area contributed by atoms with Crippen LogP contribution >= 0.6 is 23.1 Å². The smallest absolute Gasteiger partial charge is 0.274 e. The summed E-state index contributed by atoms with van der Waals surface area (Å²) in [6.07, 6.45) is 2.09. The van der Waals surface area contributed by atoms with Crippen LogP contribution in [0.3, 0.4) is 0 Å². The molecule has 0 saturated carbocycles. The van der Waals surface area contributed by atoms with Gasteiger partial charge in [-0.25, -0.2) is 0 Å². The van der Waals surface area contributed by atoms with Crippen molar-refractivity contribution in [2.24, 2.45) is 0 Å². The first-order chi connectivity index (χ1) is 11.2. The topological polar surface area (TPSA) is 43.4 Å². The van der Waals surface area contributed by atoms with Gasteiger partial charge in [0.05, 0.1) is 11.9 Å². The van der Waals surface area contributed by atoms with Gasteiger partial charge in [0.15, 0.2) is 6.04 Å². The lowest BCUT2D eigenvalue weighted by molar-refractivity contribution is -0.925. The number of hydrogen-bond acceptors (Lipinski definition) is 5. The maximum absolute atomic E-state index is 5.85. The van der Waals surface area contributed by atoms with Gasteiger partial charge in [0.1, 0.15) is 6.54 Å². The Kier molecular flexibility index (Phi) is 5.15. The summed E-state index contributed by atoms with van der Waals surface area (Å²) in [5.41, 5.74) is 1.31. The van der Waals surface area contributed by atoms with Crippen molar-refractivity contribution >= 4 is 23.1 Å². The average Bonchev–Trinajstić information content (AvgIpc) is 3.26. The second-order valence-corrected chi connectivity index (χ2v) is 7.34. The highest BCUT2D eigenvalue weighted by Crippen LogP contribution is 2.24. The van der Waals surface area contributed by atoms with Crippen LogP contribution in [-0.2, 0) is 6.54 Å². The molecule has 0 spiro atoms. The van der Waals surface area contributed by atoms with Crippen molar-refractivity contribution in [3.8, 4) is 10.8 Å². The van der Waals surface area contributed by atoms with E-state index in [2.05, 4.69) is 54.7 Å². The zero-order chi connectivity index (χ0) is 16.2. The van der Waals surface area contributed by atoms with Crippen molar-refractivity contribution in [2.45, 2.75) is 24.4 Å². The molecule has 0 bridgehead atoms. The van der Waals surface area contributed by atoms with Crippen molar-refractivity contribution < 1.29 is 9.32 Å². The molecule has 1 aromatic carbocycles. The summed E-state index contributed by atoms with van der Waals surface area (Å²) in [6.45, 7) is 3.05. The highest BCUT2D eigenvalue weighted by molar-refractivity contribution is 7.98. The largest absolute Gasteiger partial charge is 0.414 e. The summed E-state index contributed by atoms with van der Waals surface area (Å²) in [6, 6.07) is 12.8. The zero-order valence-corrected chi connectivity index (χ0v) is 15.1. The van der Waals surface area contributed by atoms with E-state index in [1.54, 1.807) is 23.1 Å². The summed E-state index contributed by atoms with van der Waals surface area (Å²) in [4.78, 5) is 3.63. The lowest BCUT2D eigenvalue weighted by atomic mass is 10.2. The second kappa shape index (κ2) is 7.29. The van der Waals surface area contributed by atoms with E-state index < -0.39 is 0 Å². The third-order valence-corrected chi connectivity index (χ3v) is 5.53. The Morgan fingerprint density at radius 1 is 1.22 bits per heavy atom. The fourth-order valence-electron chi connectivity index (χ4n) is 2.34.